The first kappa shape index (κ1) is 105. The molecular weight excluding hydrogens is 1490 g/mol. The van der Waals surface area contributed by atoms with E-state index in [1.54, 1.807) is 47.3 Å². The van der Waals surface area contributed by atoms with Crippen molar-refractivity contribution in [2.45, 2.75) is 300 Å². The second-order valence-electron chi connectivity index (χ2n) is 35.1. The van der Waals surface area contributed by atoms with E-state index in [0.717, 1.165) is 66.0 Å². The molecule has 0 saturated carbocycles. The fourth-order valence-corrected chi connectivity index (χ4v) is 13.1. The van der Waals surface area contributed by atoms with Crippen LogP contribution < -0.4 is 0 Å². The number of aryl methyl sites for hydroxylation is 5. The van der Waals surface area contributed by atoms with Gasteiger partial charge in [0.15, 0.2) is 5.89 Å². The second-order valence-corrected chi connectivity index (χ2v) is 36.1. The Morgan fingerprint density at radius 2 is 1.06 bits per heavy atom. The lowest BCUT2D eigenvalue weighted by molar-refractivity contribution is 0.343. The van der Waals surface area contributed by atoms with Crippen LogP contribution in [0, 0.1) is 62.2 Å². The summed E-state index contributed by atoms with van der Waals surface area (Å²) in [4.78, 5) is 37.4. The Morgan fingerprint density at radius 1 is 0.475 bits per heavy atom. The zero-order valence-electron chi connectivity index (χ0n) is 79.6. The number of pyridine rings is 3. The van der Waals surface area contributed by atoms with Gasteiger partial charge in [0.2, 0.25) is 0 Å². The van der Waals surface area contributed by atoms with E-state index in [9.17, 15) is 0 Å². The standard InChI is InChI=1S/C13H18.C11H15N.C9H12.2C8H14N2.2C8H11N.3C7H11N.C6H10N2.C6H9NO.C6H9NS/c1-10(2)12-8-7-11-5-3-4-6-13(11)9-12;1-8(2)10-6-9-4-3-5-12-11(9)7-10;1-8(2)9-6-4-3-5-7-9;1-6(2)8-5-10(4)7(3)9-8;1-6(2)10-8(4)5-7(3)9-10;1-7(2)8-4-3-5-9-6-8;1-7(2)8-5-3-4-6-9-8;1-6(2)7-3-4-8-5-7;2*1-6(2)7-4-3-5-8-7;1-6(2)8-5-3-4-7-8;2*1-5(2)6-7-3-4-8-6/h3-6,10,12H,7-9H2,1-2H3;3-5,8,10H,6-7H2,1-2H3;3-8H,1-2H3;2*5-6H,1-4H3;2*3-7H,1-2H3;4-6H,3H2,1-2H3;2*3,5-6H,4H2,1-2H3;3-6H,1-2H3;2*3-5H,1-2H3. The molecule has 654 valence electrons. The summed E-state index contributed by atoms with van der Waals surface area (Å²) in [7, 11) is 2.02. The lowest BCUT2D eigenvalue weighted by atomic mass is 9.78. The zero-order chi connectivity index (χ0) is 89.2. The van der Waals surface area contributed by atoms with Crippen LogP contribution in [0.1, 0.15) is 326 Å². The molecule has 120 heavy (non-hydrogen) atoms. The van der Waals surface area contributed by atoms with Crippen molar-refractivity contribution in [1.29, 1.82) is 0 Å². The van der Waals surface area contributed by atoms with Crippen molar-refractivity contribution >= 4 is 29.0 Å². The Bertz CT molecular complexity index is 4110. The predicted molar refractivity (Wildman–Crippen MR) is 516 cm³/mol. The number of allylic oxidation sites excluding steroid dienone is 3. The molecule has 0 bridgehead atoms. The van der Waals surface area contributed by atoms with Gasteiger partial charge in [-0.3, -0.25) is 39.3 Å². The summed E-state index contributed by atoms with van der Waals surface area (Å²) in [6.45, 7) is 62.7. The lowest BCUT2D eigenvalue weighted by Crippen LogP contribution is -2.18. The van der Waals surface area contributed by atoms with Crippen LogP contribution in [-0.4, -0.2) is 71.7 Å². The molecule has 0 spiro atoms. The van der Waals surface area contributed by atoms with Gasteiger partial charge < -0.3 is 8.98 Å². The van der Waals surface area contributed by atoms with Crippen molar-refractivity contribution < 1.29 is 4.42 Å². The Kier molecular flexibility index (Phi) is 51.1. The second kappa shape index (κ2) is 58.5. The Hall–Kier alpha value is -9.41. The quantitative estimate of drug-likeness (QED) is 0.109. The van der Waals surface area contributed by atoms with E-state index >= 15 is 0 Å². The first-order chi connectivity index (χ1) is 57.0. The average Bonchev–Trinajstić information content (AvgIpc) is 1.64. The number of fused-ring (bicyclic) bond motifs is 2. The van der Waals surface area contributed by atoms with Crippen LogP contribution in [0.15, 0.2) is 232 Å². The van der Waals surface area contributed by atoms with Gasteiger partial charge >= 0.3 is 0 Å². The third kappa shape index (κ3) is 42.7. The summed E-state index contributed by atoms with van der Waals surface area (Å²) in [5.41, 5.74) is 17.4. The minimum atomic E-state index is 0.407. The first-order valence-electron chi connectivity index (χ1n) is 44.3. The molecule has 2 aromatic carbocycles. The molecule has 2 atom stereocenters. The number of hydrogen-bond donors (Lipinski definition) is 0. The highest BCUT2D eigenvalue weighted by Gasteiger charge is 2.24. The van der Waals surface area contributed by atoms with Crippen molar-refractivity contribution in [3.63, 3.8) is 0 Å². The molecular formula is C104H156N14OS. The van der Waals surface area contributed by atoms with Gasteiger partial charge in [-0.25, -0.2) is 15.0 Å². The molecule has 5 aliphatic rings. The van der Waals surface area contributed by atoms with Gasteiger partial charge in [0.1, 0.15) is 12.1 Å². The highest BCUT2D eigenvalue weighted by Crippen LogP contribution is 2.31. The van der Waals surface area contributed by atoms with Crippen LogP contribution in [0.25, 0.3) is 0 Å². The number of hydrogen-bond acceptors (Lipinski definition) is 13. The normalized spacial score (nSPS) is 14.2. The highest BCUT2D eigenvalue weighted by molar-refractivity contribution is 7.09. The summed E-state index contributed by atoms with van der Waals surface area (Å²) in [5.74, 6) is 10.6. The van der Waals surface area contributed by atoms with Crippen LogP contribution in [0.2, 0.25) is 0 Å². The number of thiazole rings is 1. The van der Waals surface area contributed by atoms with Gasteiger partial charge in [-0.2, -0.15) is 10.2 Å². The van der Waals surface area contributed by atoms with Gasteiger partial charge in [-0.05, 0) is 215 Å². The minimum absolute atomic E-state index is 0.407. The number of aliphatic imine (C=N–C) groups is 3. The van der Waals surface area contributed by atoms with Crippen LogP contribution in [-0.2, 0) is 32.7 Å². The smallest absolute Gasteiger partial charge is 0.196 e. The van der Waals surface area contributed by atoms with Gasteiger partial charge in [0, 0.05) is 159 Å². The van der Waals surface area contributed by atoms with E-state index < -0.39 is 0 Å². The van der Waals surface area contributed by atoms with Crippen molar-refractivity contribution in [3.05, 3.63) is 286 Å². The molecule has 0 saturated heterocycles. The average molecular weight is 1650 g/mol. The van der Waals surface area contributed by atoms with Gasteiger partial charge in [-0.1, -0.05) is 237 Å². The van der Waals surface area contributed by atoms with E-state index in [-0.39, 0.29) is 0 Å². The van der Waals surface area contributed by atoms with E-state index in [0.29, 0.717) is 65.3 Å². The van der Waals surface area contributed by atoms with Crippen LogP contribution in [0.4, 0.5) is 0 Å². The number of aromatic nitrogens is 11. The van der Waals surface area contributed by atoms with Crippen LogP contribution in [0.3, 0.4) is 0 Å². The Morgan fingerprint density at radius 3 is 1.39 bits per heavy atom. The SMILES string of the molecule is CC(C)C1=CN=CC1.CC(C)C1=NC=CC1.CC(C)C1=NC=CC1.CC(C)C1CCc2ccccc2C1.CC(C)C1Cc2cccnc2C1.CC(C)c1ccccc1.CC(C)c1ccccn1.CC(C)c1cccnc1.CC(C)c1ncco1.CC(C)c1nccs1.CC(C)n1cccn1.Cc1cc(C)n(C(C)C)n1.Cc1nc(C(C)C)cn1C. The van der Waals surface area contributed by atoms with Crippen molar-refractivity contribution in [2.24, 2.45) is 63.5 Å². The maximum atomic E-state index is 4.98. The largest absolute Gasteiger partial charge is 0.449 e. The topological polar surface area (TPSA) is 168 Å². The number of nitrogens with zero attached hydrogens (tertiary/aromatic N) is 14. The number of rotatable bonds is 13. The molecule has 15 rings (SSSR count). The Balaban J connectivity index is 0.000000337. The van der Waals surface area contributed by atoms with Crippen molar-refractivity contribution in [1.82, 2.24) is 54.0 Å². The van der Waals surface area contributed by atoms with Gasteiger partial charge in [0.05, 0.1) is 22.6 Å². The fourth-order valence-electron chi connectivity index (χ4n) is 12.4. The molecule has 2 aliphatic carbocycles. The summed E-state index contributed by atoms with van der Waals surface area (Å²) >= 11 is 1.72. The summed E-state index contributed by atoms with van der Waals surface area (Å²) in [5, 5.41) is 11.6. The monoisotopic (exact) mass is 1650 g/mol. The lowest BCUT2D eigenvalue weighted by Gasteiger charge is -2.27. The summed E-state index contributed by atoms with van der Waals surface area (Å²) < 4.78 is 11.0. The number of benzene rings is 2. The van der Waals surface area contributed by atoms with Crippen molar-refractivity contribution in [2.75, 3.05) is 0 Å². The molecule has 11 heterocycles. The van der Waals surface area contributed by atoms with Gasteiger partial charge in [-0.15, -0.1) is 11.3 Å². The summed E-state index contributed by atoms with van der Waals surface area (Å²) in [6.07, 6.45) is 39.8. The molecule has 3 aliphatic heterocycles. The maximum Gasteiger partial charge on any atom is 0.196 e. The third-order valence-electron chi connectivity index (χ3n) is 20.6. The maximum absolute atomic E-state index is 4.98. The van der Waals surface area contributed by atoms with E-state index in [4.69, 9.17) is 4.42 Å². The first-order valence-corrected chi connectivity index (χ1v) is 45.2. The molecule has 10 aromatic rings. The van der Waals surface area contributed by atoms with Crippen LogP contribution >= 0.6 is 11.3 Å². The van der Waals surface area contributed by atoms with E-state index in [1.807, 2.05) is 148 Å². The molecule has 0 N–H and O–H groups in total. The van der Waals surface area contributed by atoms with E-state index in [2.05, 4.69) is 318 Å². The zero-order valence-corrected chi connectivity index (χ0v) is 80.4. The third-order valence-corrected chi connectivity index (χ3v) is 21.7. The van der Waals surface area contributed by atoms with Gasteiger partial charge in [0.25, 0.3) is 0 Å². The van der Waals surface area contributed by atoms with E-state index in [1.165, 1.54) is 87.9 Å². The minimum Gasteiger partial charge on any atom is -0.449 e. The summed E-state index contributed by atoms with van der Waals surface area (Å²) in [6, 6.07) is 38.7. The number of oxazole rings is 1. The molecule has 16 heteroatoms. The highest BCUT2D eigenvalue weighted by atomic mass is 32.1. The molecule has 0 amide bonds. The Labute approximate surface area is 732 Å². The molecule has 15 nitrogen and oxygen atoms in total. The molecule has 2 unspecified atom stereocenters. The molecule has 8 aromatic heterocycles. The number of imidazole rings is 1. The molecule has 0 radical (unpaired) electrons. The fraction of sp³-hybridized carbons (Fsp3) is 0.510. The van der Waals surface area contributed by atoms with Crippen molar-refractivity contribution in [3.8, 4) is 0 Å². The van der Waals surface area contributed by atoms with Crippen LogP contribution in [0.5, 0.6) is 0 Å². The molecule has 0 fully saturated rings. The predicted octanol–water partition coefficient (Wildman–Crippen LogP) is 28.6.